The Labute approximate surface area is 194 Å². The molecule has 4 rings (SSSR count). The lowest BCUT2D eigenvalue weighted by Crippen LogP contribution is -3.06. The van der Waals surface area contributed by atoms with Gasteiger partial charge in [-0.1, -0.05) is 31.5 Å². The molecule has 174 valence electrons. The molecule has 7 nitrogen and oxygen atoms in total. The number of fused-ring (bicyclic) bond motifs is 1. The molecule has 3 atom stereocenters. The van der Waals surface area contributed by atoms with E-state index in [9.17, 15) is 15.0 Å². The SMILES string of the molecule is CCC(CCO)CC(=O)NC1CC[NH+](c2nc(-c3ccccc3O)nc3cc(C)ccc23)C1. The Hall–Kier alpha value is -3.03. The van der Waals surface area contributed by atoms with Crippen LogP contribution in [0.2, 0.25) is 0 Å². The third-order valence-corrected chi connectivity index (χ3v) is 6.57. The van der Waals surface area contributed by atoms with Gasteiger partial charge in [0.1, 0.15) is 12.3 Å². The zero-order valence-corrected chi connectivity index (χ0v) is 19.3. The van der Waals surface area contributed by atoms with Crippen molar-refractivity contribution in [1.82, 2.24) is 15.3 Å². The standard InChI is InChI=1S/C26H32N4O3/c1-3-18(11-13-31)15-24(33)27-19-10-12-30(16-19)26-20-9-8-17(2)14-22(20)28-25(29-26)21-6-4-5-7-23(21)32/h4-9,14,18-19,31-32H,3,10-13,15-16H2,1-2H3,(H,27,33)/p+1. The summed E-state index contributed by atoms with van der Waals surface area (Å²) in [5.41, 5.74) is 2.58. The number of phenols is 1. The summed E-state index contributed by atoms with van der Waals surface area (Å²) >= 11 is 0. The van der Waals surface area contributed by atoms with Crippen molar-refractivity contribution in [3.8, 4) is 17.1 Å². The summed E-state index contributed by atoms with van der Waals surface area (Å²) < 4.78 is 0. The van der Waals surface area contributed by atoms with Crippen LogP contribution in [-0.2, 0) is 4.79 Å². The molecule has 0 radical (unpaired) electrons. The number of carbonyl (C=O) groups is 1. The summed E-state index contributed by atoms with van der Waals surface area (Å²) in [5, 5.41) is 23.7. The molecule has 2 heterocycles. The Morgan fingerprint density at radius 2 is 2.06 bits per heavy atom. The van der Waals surface area contributed by atoms with Crippen molar-refractivity contribution in [1.29, 1.82) is 0 Å². The monoisotopic (exact) mass is 449 g/mol. The number of hydrogen-bond donors (Lipinski definition) is 4. The topological polar surface area (TPSA) is 99.8 Å². The van der Waals surface area contributed by atoms with Crippen LogP contribution in [0, 0.1) is 12.8 Å². The summed E-state index contributed by atoms with van der Waals surface area (Å²) in [7, 11) is 0. The van der Waals surface area contributed by atoms with Crippen LogP contribution in [0.3, 0.4) is 0 Å². The maximum absolute atomic E-state index is 12.6. The van der Waals surface area contributed by atoms with Gasteiger partial charge < -0.3 is 15.5 Å². The van der Waals surface area contributed by atoms with Gasteiger partial charge >= 0.3 is 0 Å². The van der Waals surface area contributed by atoms with E-state index in [1.165, 1.54) is 4.90 Å². The van der Waals surface area contributed by atoms with Crippen LogP contribution in [0.15, 0.2) is 42.5 Å². The number of carbonyl (C=O) groups excluding carboxylic acids is 1. The van der Waals surface area contributed by atoms with Crippen LogP contribution in [0.5, 0.6) is 5.75 Å². The first-order chi connectivity index (χ1) is 16.0. The molecule has 1 fully saturated rings. The Morgan fingerprint density at radius 3 is 2.82 bits per heavy atom. The molecule has 7 heteroatoms. The van der Waals surface area contributed by atoms with Crippen molar-refractivity contribution < 1.29 is 19.9 Å². The van der Waals surface area contributed by atoms with E-state index in [0.29, 0.717) is 24.2 Å². The van der Waals surface area contributed by atoms with E-state index in [1.807, 2.05) is 25.1 Å². The van der Waals surface area contributed by atoms with Crippen molar-refractivity contribution in [3.05, 3.63) is 48.0 Å². The van der Waals surface area contributed by atoms with Gasteiger partial charge in [0.2, 0.25) is 11.7 Å². The van der Waals surface area contributed by atoms with Crippen molar-refractivity contribution in [2.45, 2.75) is 45.6 Å². The second-order valence-corrected chi connectivity index (χ2v) is 9.04. The van der Waals surface area contributed by atoms with Gasteiger partial charge in [-0.15, -0.1) is 0 Å². The number of rotatable bonds is 8. The van der Waals surface area contributed by atoms with E-state index in [1.54, 1.807) is 12.1 Å². The van der Waals surface area contributed by atoms with E-state index in [0.717, 1.165) is 48.2 Å². The number of nitrogens with one attached hydrogen (secondary N) is 2. The highest BCUT2D eigenvalue weighted by Crippen LogP contribution is 2.29. The molecule has 1 aliphatic rings. The molecule has 3 unspecified atom stereocenters. The Bertz CT molecular complexity index is 1130. The molecule has 1 saturated heterocycles. The van der Waals surface area contributed by atoms with E-state index < -0.39 is 0 Å². The zero-order valence-electron chi connectivity index (χ0n) is 19.3. The fraction of sp³-hybridized carbons (Fsp3) is 0.423. The largest absolute Gasteiger partial charge is 0.507 e. The van der Waals surface area contributed by atoms with Crippen molar-refractivity contribution >= 4 is 22.6 Å². The molecule has 33 heavy (non-hydrogen) atoms. The number of aliphatic hydroxyl groups excluding tert-OH is 1. The molecule has 0 bridgehead atoms. The summed E-state index contributed by atoms with van der Waals surface area (Å²) in [6.07, 6.45) is 2.88. The molecule has 2 aromatic carbocycles. The summed E-state index contributed by atoms with van der Waals surface area (Å²) in [5.74, 6) is 1.85. The number of benzene rings is 2. The molecule has 0 saturated carbocycles. The third-order valence-electron chi connectivity index (χ3n) is 6.57. The number of para-hydroxylation sites is 1. The van der Waals surface area contributed by atoms with Gasteiger partial charge in [0.15, 0.2) is 5.82 Å². The zero-order chi connectivity index (χ0) is 23.4. The molecule has 3 aromatic rings. The number of amides is 1. The summed E-state index contributed by atoms with van der Waals surface area (Å²) in [6.45, 7) is 5.82. The predicted octanol–water partition coefficient (Wildman–Crippen LogP) is 2.51. The second kappa shape index (κ2) is 10.3. The fourth-order valence-electron chi connectivity index (χ4n) is 4.66. The normalized spacial score (nSPS) is 19.0. The highest BCUT2D eigenvalue weighted by Gasteiger charge is 2.32. The van der Waals surface area contributed by atoms with Crippen LogP contribution < -0.4 is 10.2 Å². The summed E-state index contributed by atoms with van der Waals surface area (Å²) in [4.78, 5) is 23.4. The number of aromatic hydroxyl groups is 1. The van der Waals surface area contributed by atoms with Gasteiger partial charge in [-0.05, 0) is 49.1 Å². The lowest BCUT2D eigenvalue weighted by molar-refractivity contribution is -0.820. The second-order valence-electron chi connectivity index (χ2n) is 9.04. The molecule has 1 aliphatic heterocycles. The fourth-order valence-corrected chi connectivity index (χ4v) is 4.66. The van der Waals surface area contributed by atoms with Crippen LogP contribution in [0.1, 0.15) is 38.2 Å². The minimum absolute atomic E-state index is 0.0552. The molecule has 1 aromatic heterocycles. The maximum atomic E-state index is 12.6. The van der Waals surface area contributed by atoms with Crippen LogP contribution in [-0.4, -0.2) is 51.8 Å². The highest BCUT2D eigenvalue weighted by molar-refractivity contribution is 5.88. The van der Waals surface area contributed by atoms with Crippen LogP contribution in [0.4, 0.5) is 5.82 Å². The first-order valence-electron chi connectivity index (χ1n) is 11.8. The van der Waals surface area contributed by atoms with Crippen molar-refractivity contribution in [2.75, 3.05) is 19.7 Å². The lowest BCUT2D eigenvalue weighted by atomic mass is 9.98. The number of aliphatic hydroxyl groups is 1. The first-order valence-corrected chi connectivity index (χ1v) is 11.8. The molecule has 0 spiro atoms. The van der Waals surface area contributed by atoms with Crippen molar-refractivity contribution in [3.63, 3.8) is 0 Å². The molecular weight excluding hydrogens is 416 g/mol. The van der Waals surface area contributed by atoms with E-state index >= 15 is 0 Å². The molecule has 0 aliphatic carbocycles. The predicted molar refractivity (Wildman–Crippen MR) is 128 cm³/mol. The minimum Gasteiger partial charge on any atom is -0.507 e. The Balaban J connectivity index is 1.58. The maximum Gasteiger partial charge on any atom is 0.237 e. The lowest BCUT2D eigenvalue weighted by Gasteiger charge is -2.17. The third kappa shape index (κ3) is 5.31. The number of aromatic nitrogens is 2. The quantitative estimate of drug-likeness (QED) is 0.424. The van der Waals surface area contributed by atoms with E-state index in [-0.39, 0.29) is 30.2 Å². The van der Waals surface area contributed by atoms with Gasteiger partial charge in [-0.3, -0.25) is 9.69 Å². The van der Waals surface area contributed by atoms with Crippen LogP contribution in [0.25, 0.3) is 22.3 Å². The average molecular weight is 450 g/mol. The highest BCUT2D eigenvalue weighted by atomic mass is 16.3. The van der Waals surface area contributed by atoms with Gasteiger partial charge in [0.25, 0.3) is 0 Å². The number of hydrogen-bond acceptors (Lipinski definition) is 5. The molecule has 4 N–H and O–H groups in total. The van der Waals surface area contributed by atoms with Gasteiger partial charge in [-0.25, -0.2) is 4.98 Å². The smallest absolute Gasteiger partial charge is 0.237 e. The Morgan fingerprint density at radius 1 is 1.24 bits per heavy atom. The number of quaternary nitrogens is 1. The number of phenolic OH excluding ortho intramolecular Hbond substituents is 1. The number of nitrogens with zero attached hydrogens (tertiary/aromatic N) is 2. The van der Waals surface area contributed by atoms with Gasteiger partial charge in [0.05, 0.1) is 29.1 Å². The van der Waals surface area contributed by atoms with Crippen LogP contribution >= 0.6 is 0 Å². The average Bonchev–Trinajstić information content (AvgIpc) is 3.26. The van der Waals surface area contributed by atoms with Gasteiger partial charge in [0, 0.05) is 19.4 Å². The van der Waals surface area contributed by atoms with Crippen molar-refractivity contribution in [2.24, 2.45) is 5.92 Å². The number of aryl methyl sites for hydroxylation is 1. The first kappa shape index (κ1) is 23.1. The van der Waals surface area contributed by atoms with E-state index in [2.05, 4.69) is 24.4 Å². The molecule has 1 amide bonds. The Kier molecular flexibility index (Phi) is 7.20. The molecular formula is C26H33N4O3+. The van der Waals surface area contributed by atoms with Gasteiger partial charge in [-0.2, -0.15) is 4.98 Å². The summed E-state index contributed by atoms with van der Waals surface area (Å²) in [6, 6.07) is 13.4. The van der Waals surface area contributed by atoms with E-state index in [4.69, 9.17) is 9.97 Å². The minimum atomic E-state index is 0.0552.